The van der Waals surface area contributed by atoms with E-state index in [2.05, 4.69) is 5.32 Å². The van der Waals surface area contributed by atoms with Gasteiger partial charge in [-0.05, 0) is 56.2 Å². The van der Waals surface area contributed by atoms with Gasteiger partial charge >= 0.3 is 0 Å². The first-order chi connectivity index (χ1) is 8.97. The highest BCUT2D eigenvalue weighted by molar-refractivity contribution is 6.06. The zero-order valence-corrected chi connectivity index (χ0v) is 11.3. The maximum atomic E-state index is 12.1. The molecular weight excluding hydrogens is 238 g/mol. The Kier molecular flexibility index (Phi) is 3.56. The maximum absolute atomic E-state index is 12.1. The van der Waals surface area contributed by atoms with Gasteiger partial charge in [0.2, 0.25) is 0 Å². The minimum atomic E-state index is -0.301. The van der Waals surface area contributed by atoms with Gasteiger partial charge in [0.15, 0.2) is 0 Å². The number of phenolic OH excluding ortho intramolecular Hbond substituents is 1. The van der Waals surface area contributed by atoms with Crippen molar-refractivity contribution in [2.75, 3.05) is 5.32 Å². The number of anilines is 1. The van der Waals surface area contributed by atoms with E-state index in [0.717, 1.165) is 16.8 Å². The van der Waals surface area contributed by atoms with E-state index in [1.165, 1.54) is 11.6 Å². The molecule has 2 rings (SSSR count). The first-order valence-corrected chi connectivity index (χ1v) is 6.15. The van der Waals surface area contributed by atoms with Crippen molar-refractivity contribution in [2.24, 2.45) is 0 Å². The number of hydrogen-bond acceptors (Lipinski definition) is 2. The fourth-order valence-electron chi connectivity index (χ4n) is 1.85. The van der Waals surface area contributed by atoms with E-state index in [0.29, 0.717) is 5.56 Å². The Labute approximate surface area is 112 Å². The minimum absolute atomic E-state index is 0.00747. The summed E-state index contributed by atoms with van der Waals surface area (Å²) < 4.78 is 0. The summed E-state index contributed by atoms with van der Waals surface area (Å²) in [4.78, 5) is 12.1. The Morgan fingerprint density at radius 3 is 2.42 bits per heavy atom. The van der Waals surface area contributed by atoms with Gasteiger partial charge in [0.1, 0.15) is 5.75 Å². The lowest BCUT2D eigenvalue weighted by Crippen LogP contribution is -2.12. The molecule has 2 N–H and O–H groups in total. The fourth-order valence-corrected chi connectivity index (χ4v) is 1.85. The molecule has 3 nitrogen and oxygen atoms in total. The fraction of sp³-hybridized carbons (Fsp3) is 0.188. The molecule has 0 saturated heterocycles. The number of aromatic hydroxyl groups is 1. The second-order valence-electron chi connectivity index (χ2n) is 4.77. The second-order valence-corrected chi connectivity index (χ2v) is 4.77. The summed E-state index contributed by atoms with van der Waals surface area (Å²) in [6, 6.07) is 10.7. The number of benzene rings is 2. The average Bonchev–Trinajstić information content (AvgIpc) is 2.36. The highest BCUT2D eigenvalue weighted by Crippen LogP contribution is 2.21. The standard InChI is InChI=1S/C16H17NO2/c1-10-4-7-15(18)14(8-10)16(19)17-13-6-5-11(2)12(3)9-13/h4-9,18H,1-3H3,(H,17,19). The molecule has 0 radical (unpaired) electrons. The predicted molar refractivity (Wildman–Crippen MR) is 76.7 cm³/mol. The van der Waals surface area contributed by atoms with Gasteiger partial charge in [-0.2, -0.15) is 0 Å². The van der Waals surface area contributed by atoms with Gasteiger partial charge in [0.25, 0.3) is 5.91 Å². The lowest BCUT2D eigenvalue weighted by molar-refractivity contribution is 0.102. The van der Waals surface area contributed by atoms with E-state index in [1.54, 1.807) is 12.1 Å². The summed E-state index contributed by atoms with van der Waals surface area (Å²) in [5.74, 6) is -0.309. The molecule has 0 aliphatic carbocycles. The Morgan fingerprint density at radius 1 is 1.00 bits per heavy atom. The number of amides is 1. The van der Waals surface area contributed by atoms with Crippen molar-refractivity contribution in [1.29, 1.82) is 0 Å². The molecule has 0 spiro atoms. The zero-order chi connectivity index (χ0) is 14.0. The number of carbonyl (C=O) groups excluding carboxylic acids is 1. The second kappa shape index (κ2) is 5.14. The normalized spacial score (nSPS) is 10.3. The molecule has 0 aliphatic rings. The maximum Gasteiger partial charge on any atom is 0.259 e. The number of rotatable bonds is 2. The molecular formula is C16H17NO2. The van der Waals surface area contributed by atoms with E-state index in [4.69, 9.17) is 0 Å². The average molecular weight is 255 g/mol. The molecule has 19 heavy (non-hydrogen) atoms. The SMILES string of the molecule is Cc1ccc(O)c(C(=O)Nc2ccc(C)c(C)c2)c1. The van der Waals surface area contributed by atoms with Crippen molar-refractivity contribution in [3.8, 4) is 5.75 Å². The lowest BCUT2D eigenvalue weighted by atomic mass is 10.1. The molecule has 0 bridgehead atoms. The van der Waals surface area contributed by atoms with Crippen molar-refractivity contribution in [2.45, 2.75) is 20.8 Å². The third-order valence-corrected chi connectivity index (χ3v) is 3.16. The van der Waals surface area contributed by atoms with Gasteiger partial charge in [-0.15, -0.1) is 0 Å². The van der Waals surface area contributed by atoms with E-state index < -0.39 is 0 Å². The van der Waals surface area contributed by atoms with Crippen LogP contribution in [0.25, 0.3) is 0 Å². The van der Waals surface area contributed by atoms with Crippen LogP contribution < -0.4 is 5.32 Å². The minimum Gasteiger partial charge on any atom is -0.507 e. The number of phenols is 1. The smallest absolute Gasteiger partial charge is 0.259 e. The monoisotopic (exact) mass is 255 g/mol. The molecule has 0 aromatic heterocycles. The summed E-state index contributed by atoms with van der Waals surface area (Å²) >= 11 is 0. The van der Waals surface area contributed by atoms with Crippen LogP contribution in [0.5, 0.6) is 5.75 Å². The molecule has 2 aromatic rings. The summed E-state index contributed by atoms with van der Waals surface area (Å²) in [6.45, 7) is 5.90. The van der Waals surface area contributed by atoms with Crippen molar-refractivity contribution < 1.29 is 9.90 Å². The summed E-state index contributed by atoms with van der Waals surface area (Å²) in [6.07, 6.45) is 0. The molecule has 0 saturated carbocycles. The molecule has 1 amide bonds. The highest BCUT2D eigenvalue weighted by atomic mass is 16.3. The van der Waals surface area contributed by atoms with E-state index >= 15 is 0 Å². The molecule has 3 heteroatoms. The molecule has 0 fully saturated rings. The van der Waals surface area contributed by atoms with Gasteiger partial charge in [-0.25, -0.2) is 0 Å². The van der Waals surface area contributed by atoms with E-state index in [1.807, 2.05) is 39.0 Å². The van der Waals surface area contributed by atoms with Crippen LogP contribution >= 0.6 is 0 Å². The molecule has 98 valence electrons. The number of nitrogens with one attached hydrogen (secondary N) is 1. The van der Waals surface area contributed by atoms with Crippen LogP contribution in [-0.4, -0.2) is 11.0 Å². The van der Waals surface area contributed by atoms with Gasteiger partial charge in [-0.1, -0.05) is 17.7 Å². The van der Waals surface area contributed by atoms with Crippen LogP contribution in [0.15, 0.2) is 36.4 Å². The topological polar surface area (TPSA) is 49.3 Å². The van der Waals surface area contributed by atoms with Crippen molar-refractivity contribution in [3.63, 3.8) is 0 Å². The molecule has 0 unspecified atom stereocenters. The zero-order valence-electron chi connectivity index (χ0n) is 11.3. The summed E-state index contributed by atoms with van der Waals surface area (Å²) in [5.41, 5.74) is 4.25. The molecule has 0 heterocycles. The molecule has 0 atom stereocenters. The first kappa shape index (κ1) is 13.1. The highest BCUT2D eigenvalue weighted by Gasteiger charge is 2.11. The third kappa shape index (κ3) is 2.94. The van der Waals surface area contributed by atoms with Gasteiger partial charge in [0.05, 0.1) is 5.56 Å². The summed E-state index contributed by atoms with van der Waals surface area (Å²) in [7, 11) is 0. The Morgan fingerprint density at radius 2 is 1.74 bits per heavy atom. The molecule has 0 aliphatic heterocycles. The third-order valence-electron chi connectivity index (χ3n) is 3.16. The number of carbonyl (C=O) groups is 1. The van der Waals surface area contributed by atoms with Crippen LogP contribution in [0.2, 0.25) is 0 Å². The van der Waals surface area contributed by atoms with Gasteiger partial charge in [-0.3, -0.25) is 4.79 Å². The number of hydrogen-bond donors (Lipinski definition) is 2. The van der Waals surface area contributed by atoms with E-state index in [9.17, 15) is 9.90 Å². The van der Waals surface area contributed by atoms with Crippen LogP contribution in [0, 0.1) is 20.8 Å². The van der Waals surface area contributed by atoms with Crippen LogP contribution in [0.4, 0.5) is 5.69 Å². The van der Waals surface area contributed by atoms with Crippen LogP contribution in [-0.2, 0) is 0 Å². The molecule has 2 aromatic carbocycles. The largest absolute Gasteiger partial charge is 0.507 e. The van der Waals surface area contributed by atoms with Crippen molar-refractivity contribution in [1.82, 2.24) is 0 Å². The van der Waals surface area contributed by atoms with Crippen LogP contribution in [0.1, 0.15) is 27.0 Å². The van der Waals surface area contributed by atoms with Crippen molar-refractivity contribution >= 4 is 11.6 Å². The van der Waals surface area contributed by atoms with Crippen molar-refractivity contribution in [3.05, 3.63) is 58.7 Å². The van der Waals surface area contributed by atoms with Crippen LogP contribution in [0.3, 0.4) is 0 Å². The summed E-state index contributed by atoms with van der Waals surface area (Å²) in [5, 5.41) is 12.5. The first-order valence-electron chi connectivity index (χ1n) is 6.15. The Balaban J connectivity index is 2.25. The lowest BCUT2D eigenvalue weighted by Gasteiger charge is -2.09. The van der Waals surface area contributed by atoms with E-state index in [-0.39, 0.29) is 11.7 Å². The Hall–Kier alpha value is -2.29. The predicted octanol–water partition coefficient (Wildman–Crippen LogP) is 3.57. The van der Waals surface area contributed by atoms with Gasteiger partial charge < -0.3 is 10.4 Å². The Bertz CT molecular complexity index is 633. The number of aryl methyl sites for hydroxylation is 3. The quantitative estimate of drug-likeness (QED) is 0.861. The van der Waals surface area contributed by atoms with Gasteiger partial charge in [0, 0.05) is 5.69 Å².